The third kappa shape index (κ3) is 0.565. The molecule has 2 nitrogen and oxygen atoms in total. The van der Waals surface area contributed by atoms with Gasteiger partial charge in [0.05, 0.1) is 24.4 Å². The minimum absolute atomic E-state index is 0.462. The number of ether oxygens (including phenoxy) is 2. The van der Waals surface area contributed by atoms with E-state index in [2.05, 4.69) is 0 Å². The van der Waals surface area contributed by atoms with Crippen LogP contribution in [-0.2, 0) is 9.47 Å². The summed E-state index contributed by atoms with van der Waals surface area (Å²) >= 11 is 0. The van der Waals surface area contributed by atoms with Crippen molar-refractivity contribution in [2.24, 2.45) is 0 Å². The van der Waals surface area contributed by atoms with Crippen LogP contribution in [0, 0.1) is 0 Å². The third-order valence-electron chi connectivity index (χ3n) is 3.00. The molecule has 4 atom stereocenters. The van der Waals surface area contributed by atoms with E-state index in [1.807, 2.05) is 0 Å². The van der Waals surface area contributed by atoms with Crippen molar-refractivity contribution in [3.63, 3.8) is 0 Å². The van der Waals surface area contributed by atoms with Crippen LogP contribution >= 0.6 is 0 Å². The lowest BCUT2D eigenvalue weighted by Gasteiger charge is -2.51. The number of fused-ring (bicyclic) bond motifs is 2. The van der Waals surface area contributed by atoms with Crippen molar-refractivity contribution < 1.29 is 9.47 Å². The van der Waals surface area contributed by atoms with Crippen LogP contribution in [0.3, 0.4) is 0 Å². The van der Waals surface area contributed by atoms with Crippen LogP contribution in [0.1, 0.15) is 25.7 Å². The Kier molecular flexibility index (Phi) is 0.968. The summed E-state index contributed by atoms with van der Waals surface area (Å²) in [5.74, 6) is 0. The average Bonchev–Trinajstić information content (AvgIpc) is 2.05. The predicted octanol–water partition coefficient (Wildman–Crippen LogP) is 1.10. The first-order chi connectivity index (χ1) is 4.93. The van der Waals surface area contributed by atoms with E-state index in [0.29, 0.717) is 24.4 Å². The van der Waals surface area contributed by atoms with Crippen molar-refractivity contribution in [2.75, 3.05) is 0 Å². The second kappa shape index (κ2) is 1.74. The molecule has 0 unspecified atom stereocenters. The fraction of sp³-hybridized carbons (Fsp3) is 1.00. The molecule has 0 saturated carbocycles. The molecule has 5 aliphatic heterocycles. The third-order valence-corrected chi connectivity index (χ3v) is 3.00. The number of hydrogen-bond donors (Lipinski definition) is 0. The molecule has 0 radical (unpaired) electrons. The van der Waals surface area contributed by atoms with Crippen molar-refractivity contribution in [3.05, 3.63) is 0 Å². The largest absolute Gasteiger partial charge is 0.370 e. The molecule has 56 valence electrons. The van der Waals surface area contributed by atoms with Gasteiger partial charge in [-0.25, -0.2) is 0 Å². The molecule has 10 heavy (non-hydrogen) atoms. The van der Waals surface area contributed by atoms with Crippen LogP contribution in [0.15, 0.2) is 0 Å². The zero-order valence-electron chi connectivity index (χ0n) is 5.95. The van der Waals surface area contributed by atoms with Gasteiger partial charge in [-0.1, -0.05) is 0 Å². The summed E-state index contributed by atoms with van der Waals surface area (Å²) in [6, 6.07) is 0. The maximum absolute atomic E-state index is 5.76. The van der Waals surface area contributed by atoms with E-state index in [-0.39, 0.29) is 0 Å². The average molecular weight is 140 g/mol. The number of hydrogen-bond acceptors (Lipinski definition) is 2. The highest BCUT2D eigenvalue weighted by molar-refractivity contribution is 4.95. The second-order valence-electron chi connectivity index (χ2n) is 3.58. The van der Waals surface area contributed by atoms with Crippen LogP contribution in [0.2, 0.25) is 0 Å². The Morgan fingerprint density at radius 2 is 0.900 bits per heavy atom. The van der Waals surface area contributed by atoms with Gasteiger partial charge in [0.2, 0.25) is 0 Å². The smallest absolute Gasteiger partial charge is 0.0842 e. The molecule has 5 fully saturated rings. The van der Waals surface area contributed by atoms with E-state index in [0.717, 1.165) is 0 Å². The minimum atomic E-state index is 0.462. The Hall–Kier alpha value is -0.0800. The van der Waals surface area contributed by atoms with Gasteiger partial charge in [0.25, 0.3) is 0 Å². The Bertz CT molecular complexity index is 123. The van der Waals surface area contributed by atoms with Crippen molar-refractivity contribution in [1.82, 2.24) is 0 Å². The molecule has 0 aliphatic carbocycles. The fourth-order valence-electron chi connectivity index (χ4n) is 2.47. The molecular formula is C8H12O2. The van der Waals surface area contributed by atoms with Crippen LogP contribution in [0.25, 0.3) is 0 Å². The summed E-state index contributed by atoms with van der Waals surface area (Å²) in [4.78, 5) is 0. The molecular weight excluding hydrogens is 128 g/mol. The molecule has 0 aromatic heterocycles. The standard InChI is InChI=1S/C8H12O2/c1-2-6-8-4-3-7(10-6)5(1)9-8/h5-8H,1-4H2/t5-,6+,7+,8-. The number of rotatable bonds is 0. The van der Waals surface area contributed by atoms with Gasteiger partial charge in [0.1, 0.15) is 0 Å². The molecule has 0 N–H and O–H groups in total. The molecule has 5 heterocycles. The maximum Gasteiger partial charge on any atom is 0.0842 e. The zero-order valence-corrected chi connectivity index (χ0v) is 5.95. The molecule has 5 aliphatic rings. The van der Waals surface area contributed by atoms with Crippen LogP contribution in [0.5, 0.6) is 0 Å². The van der Waals surface area contributed by atoms with Crippen LogP contribution in [0.4, 0.5) is 0 Å². The normalized spacial score (nSPS) is 57.6. The fourth-order valence-corrected chi connectivity index (χ4v) is 2.47. The summed E-state index contributed by atoms with van der Waals surface area (Å²) in [5, 5.41) is 0. The highest BCUT2D eigenvalue weighted by Gasteiger charge is 2.47. The SMILES string of the molecule is C1C[C@H]2O[C@@H]3CC[C@@H]2O[C@@H]13. The second-order valence-corrected chi connectivity index (χ2v) is 3.58. The van der Waals surface area contributed by atoms with Crippen molar-refractivity contribution in [2.45, 2.75) is 50.1 Å². The Morgan fingerprint density at radius 3 is 1.10 bits per heavy atom. The van der Waals surface area contributed by atoms with Crippen molar-refractivity contribution >= 4 is 0 Å². The van der Waals surface area contributed by atoms with Gasteiger partial charge in [-0.05, 0) is 25.7 Å². The van der Waals surface area contributed by atoms with E-state index in [4.69, 9.17) is 9.47 Å². The quantitative estimate of drug-likeness (QED) is 0.501. The van der Waals surface area contributed by atoms with E-state index in [9.17, 15) is 0 Å². The van der Waals surface area contributed by atoms with E-state index >= 15 is 0 Å². The highest BCUT2D eigenvalue weighted by Crippen LogP contribution is 2.41. The van der Waals surface area contributed by atoms with Gasteiger partial charge < -0.3 is 9.47 Å². The summed E-state index contributed by atoms with van der Waals surface area (Å²) in [5.41, 5.74) is 0. The van der Waals surface area contributed by atoms with Gasteiger partial charge in [0, 0.05) is 0 Å². The lowest BCUT2D eigenvalue weighted by molar-refractivity contribution is -0.285. The molecule has 2 heteroatoms. The molecule has 0 amide bonds. The lowest BCUT2D eigenvalue weighted by Crippen LogP contribution is -2.58. The highest BCUT2D eigenvalue weighted by atomic mass is 16.6. The first-order valence-corrected chi connectivity index (χ1v) is 4.24. The zero-order chi connectivity index (χ0) is 6.55. The van der Waals surface area contributed by atoms with Crippen molar-refractivity contribution in [1.29, 1.82) is 0 Å². The summed E-state index contributed by atoms with van der Waals surface area (Å²) in [7, 11) is 0. The predicted molar refractivity (Wildman–Crippen MR) is 35.8 cm³/mol. The molecule has 5 saturated heterocycles. The van der Waals surface area contributed by atoms with Crippen LogP contribution in [-0.4, -0.2) is 24.4 Å². The summed E-state index contributed by atoms with van der Waals surface area (Å²) in [6.45, 7) is 0. The topological polar surface area (TPSA) is 18.5 Å². The molecule has 5 rings (SSSR count). The van der Waals surface area contributed by atoms with Gasteiger partial charge in [-0.15, -0.1) is 0 Å². The van der Waals surface area contributed by atoms with E-state index in [1.165, 1.54) is 25.7 Å². The Morgan fingerprint density at radius 1 is 0.600 bits per heavy atom. The molecule has 0 spiro atoms. The molecule has 0 aromatic carbocycles. The maximum atomic E-state index is 5.76. The summed E-state index contributed by atoms with van der Waals surface area (Å²) in [6.07, 6.45) is 6.81. The Balaban J connectivity index is 1.94. The van der Waals surface area contributed by atoms with Crippen molar-refractivity contribution in [3.8, 4) is 0 Å². The van der Waals surface area contributed by atoms with E-state index < -0.39 is 0 Å². The summed E-state index contributed by atoms with van der Waals surface area (Å²) < 4.78 is 11.5. The van der Waals surface area contributed by atoms with Gasteiger partial charge in [0.15, 0.2) is 0 Å². The lowest BCUT2D eigenvalue weighted by atomic mass is 9.84. The molecule has 4 bridgehead atoms. The minimum Gasteiger partial charge on any atom is -0.370 e. The first-order valence-electron chi connectivity index (χ1n) is 4.24. The van der Waals surface area contributed by atoms with E-state index in [1.54, 1.807) is 0 Å². The van der Waals surface area contributed by atoms with Gasteiger partial charge in [-0.2, -0.15) is 0 Å². The van der Waals surface area contributed by atoms with Gasteiger partial charge >= 0.3 is 0 Å². The first kappa shape index (κ1) is 5.56. The monoisotopic (exact) mass is 140 g/mol. The molecule has 0 aromatic rings. The van der Waals surface area contributed by atoms with Gasteiger partial charge in [-0.3, -0.25) is 0 Å². The Labute approximate surface area is 60.5 Å². The van der Waals surface area contributed by atoms with Crippen LogP contribution < -0.4 is 0 Å².